The summed E-state index contributed by atoms with van der Waals surface area (Å²) in [7, 11) is 0. The summed E-state index contributed by atoms with van der Waals surface area (Å²) in [4.78, 5) is 0. The molecule has 0 saturated heterocycles. The lowest BCUT2D eigenvalue weighted by atomic mass is 9.99. The van der Waals surface area contributed by atoms with Crippen molar-refractivity contribution in [1.82, 2.24) is 9.13 Å². The molecule has 4 heteroatoms. The van der Waals surface area contributed by atoms with Crippen LogP contribution in [-0.4, -0.2) is 9.13 Å². The molecule has 0 saturated carbocycles. The molecule has 0 aliphatic rings. The van der Waals surface area contributed by atoms with Crippen molar-refractivity contribution in [1.29, 1.82) is 0 Å². The van der Waals surface area contributed by atoms with E-state index in [1.54, 1.807) is 0 Å². The Labute approximate surface area is 327 Å². The number of fused-ring (bicyclic) bond motifs is 6. The molecule has 0 amide bonds. The minimum absolute atomic E-state index is 0.596. The zero-order chi connectivity index (χ0) is 36.4. The second-order valence-electron chi connectivity index (χ2n) is 16.4. The Morgan fingerprint density at radius 1 is 0.385 bits per heavy atom. The van der Waals surface area contributed by atoms with Gasteiger partial charge in [-0.1, -0.05) is 182 Å². The second kappa shape index (κ2) is 23.2. The van der Waals surface area contributed by atoms with Crippen LogP contribution < -0.4 is 0 Å². The van der Waals surface area contributed by atoms with E-state index < -0.39 is 0 Å². The van der Waals surface area contributed by atoms with Gasteiger partial charge in [-0.05, 0) is 60.7 Å². The third kappa shape index (κ3) is 11.1. The molecule has 4 aromatic heterocycles. The minimum Gasteiger partial charge on any atom is -0.337 e. The van der Waals surface area contributed by atoms with Gasteiger partial charge in [0.1, 0.15) is 0 Å². The Balaban J connectivity index is 1.48. The number of benzene rings is 1. The summed E-state index contributed by atoms with van der Waals surface area (Å²) in [6.07, 6.45) is 38.4. The molecule has 0 aliphatic carbocycles. The van der Waals surface area contributed by atoms with Gasteiger partial charge in [-0.15, -0.1) is 22.7 Å². The van der Waals surface area contributed by atoms with E-state index >= 15 is 0 Å². The fourth-order valence-electron chi connectivity index (χ4n) is 9.22. The Morgan fingerprint density at radius 3 is 0.981 bits per heavy atom. The van der Waals surface area contributed by atoms with Gasteiger partial charge >= 0.3 is 0 Å². The van der Waals surface area contributed by atoms with Gasteiger partial charge in [0, 0.05) is 22.9 Å². The fourth-order valence-corrected chi connectivity index (χ4v) is 11.0. The summed E-state index contributed by atoms with van der Waals surface area (Å²) in [5.74, 6) is 0. The molecule has 5 aromatic rings. The number of aromatic nitrogens is 2. The maximum Gasteiger partial charge on any atom is 0.0603 e. The second-order valence-corrected chi connectivity index (χ2v) is 18.3. The first-order valence-electron chi connectivity index (χ1n) is 22.7. The van der Waals surface area contributed by atoms with Gasteiger partial charge in [0.15, 0.2) is 0 Å². The summed E-state index contributed by atoms with van der Waals surface area (Å²) < 4.78 is 8.73. The lowest BCUT2D eigenvalue weighted by Gasteiger charge is -2.23. The monoisotopic (exact) mass is 745 g/mol. The van der Waals surface area contributed by atoms with E-state index in [0.29, 0.717) is 12.1 Å². The topological polar surface area (TPSA) is 9.86 Å². The van der Waals surface area contributed by atoms with Crippen molar-refractivity contribution in [3.8, 4) is 0 Å². The Hall–Kier alpha value is -1.78. The minimum atomic E-state index is 0.596. The molecule has 2 nitrogen and oxygen atoms in total. The van der Waals surface area contributed by atoms with E-state index in [-0.39, 0.29) is 0 Å². The van der Waals surface area contributed by atoms with Crippen LogP contribution in [0.25, 0.3) is 42.2 Å². The molecule has 0 bridgehead atoms. The maximum absolute atomic E-state index is 2.85. The number of rotatable bonds is 30. The number of hydrogen-bond donors (Lipinski definition) is 0. The molecule has 0 unspecified atom stereocenters. The third-order valence-electron chi connectivity index (χ3n) is 12.2. The van der Waals surface area contributed by atoms with Crippen LogP contribution in [0.1, 0.15) is 220 Å². The SMILES string of the molecule is CCCCCCCCC(CCCCCCCC)n1c2cc3c4sccc4n(C(CCCCCCCC)CCCCCCCC)c3cc2c2sccc21. The molecule has 0 N–H and O–H groups in total. The highest BCUT2D eigenvalue weighted by Crippen LogP contribution is 2.45. The van der Waals surface area contributed by atoms with Crippen LogP contribution in [-0.2, 0) is 0 Å². The third-order valence-corrected chi connectivity index (χ3v) is 14.1. The summed E-state index contributed by atoms with van der Waals surface area (Å²) in [5.41, 5.74) is 6.01. The smallest absolute Gasteiger partial charge is 0.0603 e. The van der Waals surface area contributed by atoms with Crippen LogP contribution in [0.15, 0.2) is 35.0 Å². The van der Waals surface area contributed by atoms with Crippen LogP contribution >= 0.6 is 22.7 Å². The predicted molar refractivity (Wildman–Crippen MR) is 238 cm³/mol. The normalized spacial score (nSPS) is 12.4. The number of nitrogens with zero attached hydrogens (tertiary/aromatic N) is 2. The molecular formula is C48H76N2S2. The predicted octanol–water partition coefficient (Wildman–Crippen LogP) is 18.1. The molecule has 4 heterocycles. The standard InChI is InChI=1S/C48H76N2S2/c1-5-9-13-17-21-25-29-39(30-26-22-18-14-10-6-2)49-43-33-35-51-47(43)41-38-46-42(37-45(41)49)48-44(34-36-52-48)50(46)40(31-27-23-19-15-11-7-3)32-28-24-20-16-12-8-4/h33-40H,5-32H2,1-4H3. The van der Waals surface area contributed by atoms with Crippen LogP contribution in [0.5, 0.6) is 0 Å². The van der Waals surface area contributed by atoms with Crippen LogP contribution in [0.3, 0.4) is 0 Å². The van der Waals surface area contributed by atoms with Crippen molar-refractivity contribution in [2.75, 3.05) is 0 Å². The summed E-state index contributed by atoms with van der Waals surface area (Å²) in [5, 5.41) is 7.76. The van der Waals surface area contributed by atoms with E-state index in [1.165, 1.54) is 222 Å². The number of unbranched alkanes of at least 4 members (excludes halogenated alkanes) is 20. The molecule has 0 aliphatic heterocycles. The summed E-state index contributed by atoms with van der Waals surface area (Å²) in [6, 6.07) is 11.4. The lowest BCUT2D eigenvalue weighted by Crippen LogP contribution is -2.10. The average molecular weight is 745 g/mol. The first-order chi connectivity index (χ1) is 25.7. The van der Waals surface area contributed by atoms with Gasteiger partial charge < -0.3 is 9.13 Å². The van der Waals surface area contributed by atoms with Crippen molar-refractivity contribution in [2.45, 2.75) is 220 Å². The van der Waals surface area contributed by atoms with Crippen LogP contribution in [0, 0.1) is 0 Å². The van der Waals surface area contributed by atoms with E-state index in [1.807, 2.05) is 22.7 Å². The Morgan fingerprint density at radius 2 is 0.673 bits per heavy atom. The maximum atomic E-state index is 2.85. The highest BCUT2D eigenvalue weighted by Gasteiger charge is 2.24. The van der Waals surface area contributed by atoms with E-state index in [0.717, 1.165) is 0 Å². The van der Waals surface area contributed by atoms with Gasteiger partial charge in [0.05, 0.1) is 31.5 Å². The quantitative estimate of drug-likeness (QED) is 0.0414. The molecule has 52 heavy (non-hydrogen) atoms. The first kappa shape index (κ1) is 41.4. The van der Waals surface area contributed by atoms with Gasteiger partial charge in [-0.25, -0.2) is 0 Å². The summed E-state index contributed by atoms with van der Waals surface area (Å²) >= 11 is 3.96. The Kier molecular flexibility index (Phi) is 18.5. The zero-order valence-corrected chi connectivity index (χ0v) is 35.8. The average Bonchev–Trinajstić information content (AvgIpc) is 3.94. The molecule has 0 spiro atoms. The molecule has 1 aromatic carbocycles. The van der Waals surface area contributed by atoms with Crippen LogP contribution in [0.2, 0.25) is 0 Å². The van der Waals surface area contributed by atoms with Gasteiger partial charge in [0.2, 0.25) is 0 Å². The van der Waals surface area contributed by atoms with Crippen molar-refractivity contribution < 1.29 is 0 Å². The zero-order valence-electron chi connectivity index (χ0n) is 34.1. The highest BCUT2D eigenvalue weighted by atomic mass is 32.1. The van der Waals surface area contributed by atoms with E-state index in [2.05, 4.69) is 71.9 Å². The van der Waals surface area contributed by atoms with E-state index in [9.17, 15) is 0 Å². The fraction of sp³-hybridized carbons (Fsp3) is 0.708. The van der Waals surface area contributed by atoms with E-state index in [4.69, 9.17) is 0 Å². The molecule has 0 radical (unpaired) electrons. The number of hydrogen-bond acceptors (Lipinski definition) is 2. The molecule has 290 valence electrons. The lowest BCUT2D eigenvalue weighted by molar-refractivity contribution is 0.409. The molecular weight excluding hydrogens is 669 g/mol. The van der Waals surface area contributed by atoms with Gasteiger partial charge in [0.25, 0.3) is 0 Å². The van der Waals surface area contributed by atoms with Gasteiger partial charge in [-0.3, -0.25) is 0 Å². The number of thiophene rings is 2. The molecule has 5 rings (SSSR count). The molecule has 0 atom stereocenters. The van der Waals surface area contributed by atoms with Crippen LogP contribution in [0.4, 0.5) is 0 Å². The Bertz CT molecular complexity index is 1520. The largest absolute Gasteiger partial charge is 0.337 e. The highest BCUT2D eigenvalue weighted by molar-refractivity contribution is 7.18. The first-order valence-corrected chi connectivity index (χ1v) is 24.4. The molecule has 0 fully saturated rings. The van der Waals surface area contributed by atoms with Crippen molar-refractivity contribution >= 4 is 64.9 Å². The van der Waals surface area contributed by atoms with Crippen molar-refractivity contribution in [3.63, 3.8) is 0 Å². The van der Waals surface area contributed by atoms with Gasteiger partial charge in [-0.2, -0.15) is 0 Å². The summed E-state index contributed by atoms with van der Waals surface area (Å²) in [6.45, 7) is 9.33. The van der Waals surface area contributed by atoms with Crippen molar-refractivity contribution in [2.24, 2.45) is 0 Å². The van der Waals surface area contributed by atoms with Crippen molar-refractivity contribution in [3.05, 3.63) is 35.0 Å².